The number of pyridine rings is 1. The predicted octanol–water partition coefficient (Wildman–Crippen LogP) is 3.99. The van der Waals surface area contributed by atoms with Gasteiger partial charge in [0, 0.05) is 39.1 Å². The molecule has 1 unspecified atom stereocenters. The van der Waals surface area contributed by atoms with Crippen LogP contribution in [0.3, 0.4) is 0 Å². The zero-order valence-electron chi connectivity index (χ0n) is 19.7. The van der Waals surface area contributed by atoms with Gasteiger partial charge in [0.15, 0.2) is 10.9 Å². The van der Waals surface area contributed by atoms with E-state index in [1.807, 2.05) is 24.0 Å². The summed E-state index contributed by atoms with van der Waals surface area (Å²) in [6.45, 7) is 6.38. The zero-order valence-corrected chi connectivity index (χ0v) is 20.5. The molecule has 1 aliphatic carbocycles. The number of hydrogen-bond acceptors (Lipinski definition) is 9. The molecule has 0 aromatic carbocycles. The first-order valence-electron chi connectivity index (χ1n) is 11.6. The molecule has 1 fully saturated rings. The second-order valence-corrected chi connectivity index (χ2v) is 9.60. The summed E-state index contributed by atoms with van der Waals surface area (Å²) in [5, 5.41) is 7.21. The SMILES string of the molecule is CC(=O)N1CCN(c2ccc(Nc3ncc(F)c(-c4sc(NC5C=CCC5)nc4C)n3)nc2)CC1. The predicted molar refractivity (Wildman–Crippen MR) is 136 cm³/mol. The molecule has 4 heterocycles. The highest BCUT2D eigenvalue weighted by Gasteiger charge is 2.20. The van der Waals surface area contributed by atoms with Gasteiger partial charge in [-0.3, -0.25) is 4.79 Å². The Morgan fingerprint density at radius 3 is 2.66 bits per heavy atom. The average Bonchev–Trinajstić information content (AvgIpc) is 3.50. The Bertz CT molecular complexity index is 1240. The normalized spacial score (nSPS) is 17.6. The molecule has 11 heteroatoms. The van der Waals surface area contributed by atoms with Crippen LogP contribution in [0.5, 0.6) is 0 Å². The Hall–Kier alpha value is -3.60. The molecule has 0 bridgehead atoms. The number of nitrogens with zero attached hydrogens (tertiary/aromatic N) is 6. The summed E-state index contributed by atoms with van der Waals surface area (Å²) in [5.41, 5.74) is 1.92. The second kappa shape index (κ2) is 9.95. The van der Waals surface area contributed by atoms with E-state index in [1.165, 1.54) is 17.5 Å². The molecule has 1 amide bonds. The van der Waals surface area contributed by atoms with Crippen LogP contribution in [0.25, 0.3) is 10.6 Å². The van der Waals surface area contributed by atoms with Gasteiger partial charge in [-0.05, 0) is 31.9 Å². The molecule has 0 spiro atoms. The topological polar surface area (TPSA) is 99.2 Å². The maximum absolute atomic E-state index is 14.7. The molecular formula is C24H27FN8OS. The number of carbonyl (C=O) groups excluding carboxylic acids is 1. The first-order chi connectivity index (χ1) is 17.0. The number of carbonyl (C=O) groups is 1. The molecule has 0 radical (unpaired) electrons. The summed E-state index contributed by atoms with van der Waals surface area (Å²) >= 11 is 1.39. The Balaban J connectivity index is 1.28. The summed E-state index contributed by atoms with van der Waals surface area (Å²) < 4.78 is 14.7. The van der Waals surface area contributed by atoms with Crippen LogP contribution in [0, 0.1) is 12.7 Å². The van der Waals surface area contributed by atoms with Crippen molar-refractivity contribution in [3.63, 3.8) is 0 Å². The molecule has 2 N–H and O–H groups in total. The number of rotatable bonds is 6. The lowest BCUT2D eigenvalue weighted by Crippen LogP contribution is -2.48. The molecule has 1 saturated heterocycles. The first-order valence-corrected chi connectivity index (χ1v) is 12.4. The van der Waals surface area contributed by atoms with E-state index >= 15 is 0 Å². The molecule has 5 rings (SSSR count). The minimum atomic E-state index is -0.498. The molecule has 3 aromatic rings. The third kappa shape index (κ3) is 5.24. The van der Waals surface area contributed by atoms with Crippen molar-refractivity contribution in [2.24, 2.45) is 0 Å². The monoisotopic (exact) mass is 494 g/mol. The van der Waals surface area contributed by atoms with Crippen LogP contribution in [-0.4, -0.2) is 63.0 Å². The lowest BCUT2D eigenvalue weighted by Gasteiger charge is -2.35. The van der Waals surface area contributed by atoms with Gasteiger partial charge in [0.2, 0.25) is 11.9 Å². The maximum atomic E-state index is 14.7. The minimum Gasteiger partial charge on any atom is -0.367 e. The minimum absolute atomic E-state index is 0.105. The van der Waals surface area contributed by atoms with Crippen molar-refractivity contribution in [2.75, 3.05) is 41.7 Å². The third-order valence-electron chi connectivity index (χ3n) is 6.16. The molecule has 1 atom stereocenters. The van der Waals surface area contributed by atoms with Crippen molar-refractivity contribution < 1.29 is 9.18 Å². The van der Waals surface area contributed by atoms with Crippen LogP contribution in [0.2, 0.25) is 0 Å². The van der Waals surface area contributed by atoms with Crippen LogP contribution in [0.4, 0.5) is 27.0 Å². The van der Waals surface area contributed by atoms with Gasteiger partial charge in [-0.15, -0.1) is 0 Å². The Morgan fingerprint density at radius 1 is 1.14 bits per heavy atom. The summed E-state index contributed by atoms with van der Waals surface area (Å²) in [5.74, 6) is 0.429. The Kier molecular flexibility index (Phi) is 6.58. The number of nitrogens with one attached hydrogen (secondary N) is 2. The number of piperazine rings is 1. The van der Waals surface area contributed by atoms with Crippen molar-refractivity contribution in [3.8, 4) is 10.6 Å². The molecule has 0 saturated carbocycles. The average molecular weight is 495 g/mol. The number of anilines is 4. The first kappa shape index (κ1) is 23.2. The Morgan fingerprint density at radius 2 is 1.97 bits per heavy atom. The highest BCUT2D eigenvalue weighted by atomic mass is 32.1. The van der Waals surface area contributed by atoms with E-state index in [1.54, 1.807) is 13.1 Å². The van der Waals surface area contributed by atoms with Crippen LogP contribution in [0.15, 0.2) is 36.7 Å². The van der Waals surface area contributed by atoms with Gasteiger partial charge < -0.3 is 20.4 Å². The van der Waals surface area contributed by atoms with Crippen molar-refractivity contribution in [1.29, 1.82) is 0 Å². The standard InChI is InChI=1S/C24H27FN8OS/c1-15-22(35-24(28-15)29-17-5-3-4-6-17)21-19(25)14-27-23(31-21)30-20-8-7-18(13-26-20)33-11-9-32(10-12-33)16(2)34/h3,5,7-8,13-14,17H,4,6,9-12H2,1-2H3,(H,28,29)(H,26,27,30,31). The molecule has 1 aliphatic heterocycles. The highest BCUT2D eigenvalue weighted by Crippen LogP contribution is 2.34. The number of aromatic nitrogens is 4. The van der Waals surface area contributed by atoms with Crippen molar-refractivity contribution >= 4 is 39.8 Å². The highest BCUT2D eigenvalue weighted by molar-refractivity contribution is 7.19. The zero-order chi connectivity index (χ0) is 24.4. The van der Waals surface area contributed by atoms with Crippen molar-refractivity contribution in [2.45, 2.75) is 32.7 Å². The van der Waals surface area contributed by atoms with E-state index in [0.29, 0.717) is 23.8 Å². The molecule has 3 aromatic heterocycles. The van der Waals surface area contributed by atoms with Crippen LogP contribution >= 0.6 is 11.3 Å². The lowest BCUT2D eigenvalue weighted by molar-refractivity contribution is -0.129. The lowest BCUT2D eigenvalue weighted by atomic mass is 10.2. The van der Waals surface area contributed by atoms with E-state index in [2.05, 4.69) is 47.6 Å². The van der Waals surface area contributed by atoms with E-state index in [-0.39, 0.29) is 23.6 Å². The number of amides is 1. The van der Waals surface area contributed by atoms with Gasteiger partial charge in [-0.2, -0.15) is 0 Å². The number of allylic oxidation sites excluding steroid dienone is 1. The number of hydrogen-bond donors (Lipinski definition) is 2. The summed E-state index contributed by atoms with van der Waals surface area (Å²) in [4.78, 5) is 33.8. The van der Waals surface area contributed by atoms with E-state index in [0.717, 1.165) is 42.4 Å². The third-order valence-corrected chi connectivity index (χ3v) is 7.25. The summed E-state index contributed by atoms with van der Waals surface area (Å²) in [6.07, 6.45) is 9.31. The summed E-state index contributed by atoms with van der Waals surface area (Å²) in [6, 6.07) is 4.06. The van der Waals surface area contributed by atoms with E-state index < -0.39 is 5.82 Å². The van der Waals surface area contributed by atoms with E-state index in [4.69, 9.17) is 0 Å². The van der Waals surface area contributed by atoms with Gasteiger partial charge >= 0.3 is 0 Å². The smallest absolute Gasteiger partial charge is 0.229 e. The number of halogens is 1. The van der Waals surface area contributed by atoms with Gasteiger partial charge in [0.05, 0.1) is 28.7 Å². The molecule has 182 valence electrons. The second-order valence-electron chi connectivity index (χ2n) is 8.60. The van der Waals surface area contributed by atoms with Gasteiger partial charge in [0.25, 0.3) is 0 Å². The fourth-order valence-corrected chi connectivity index (χ4v) is 5.24. The maximum Gasteiger partial charge on any atom is 0.229 e. The quantitative estimate of drug-likeness (QED) is 0.497. The van der Waals surface area contributed by atoms with Gasteiger partial charge in [0.1, 0.15) is 11.5 Å². The van der Waals surface area contributed by atoms with Crippen molar-refractivity contribution in [3.05, 3.63) is 48.2 Å². The van der Waals surface area contributed by atoms with Crippen molar-refractivity contribution in [1.82, 2.24) is 24.8 Å². The largest absolute Gasteiger partial charge is 0.367 e. The molecular weight excluding hydrogens is 467 g/mol. The number of thiazole rings is 1. The van der Waals surface area contributed by atoms with Gasteiger partial charge in [-0.1, -0.05) is 23.5 Å². The molecule has 9 nitrogen and oxygen atoms in total. The number of aryl methyl sites for hydroxylation is 1. The fraction of sp³-hybridized carbons (Fsp3) is 0.375. The fourth-order valence-electron chi connectivity index (χ4n) is 4.22. The summed E-state index contributed by atoms with van der Waals surface area (Å²) in [7, 11) is 0. The van der Waals surface area contributed by atoms with Crippen LogP contribution < -0.4 is 15.5 Å². The Labute approximate surface area is 207 Å². The van der Waals surface area contributed by atoms with Crippen LogP contribution in [-0.2, 0) is 4.79 Å². The van der Waals surface area contributed by atoms with E-state index in [9.17, 15) is 9.18 Å². The molecule has 2 aliphatic rings. The molecule has 35 heavy (non-hydrogen) atoms. The van der Waals surface area contributed by atoms with Crippen LogP contribution in [0.1, 0.15) is 25.5 Å². The van der Waals surface area contributed by atoms with Gasteiger partial charge in [-0.25, -0.2) is 24.3 Å².